The van der Waals surface area contributed by atoms with Crippen molar-refractivity contribution < 1.29 is 4.79 Å². The summed E-state index contributed by atoms with van der Waals surface area (Å²) in [7, 11) is 0. The van der Waals surface area contributed by atoms with Gasteiger partial charge in [-0.15, -0.1) is 0 Å². The fourth-order valence-electron chi connectivity index (χ4n) is 1.11. The molecule has 0 fully saturated rings. The highest BCUT2D eigenvalue weighted by Gasteiger charge is 2.10. The number of nitrogens with zero attached hydrogens (tertiary/aromatic N) is 1. The smallest absolute Gasteiger partial charge is 0.263 e. The molecule has 2 heterocycles. The second-order valence-corrected chi connectivity index (χ2v) is 2.80. The monoisotopic (exact) mass is 204 g/mol. The van der Waals surface area contributed by atoms with Crippen LogP contribution in [-0.4, -0.2) is 20.9 Å². The number of rotatable bonds is 2. The number of H-pyrrole nitrogens is 2. The topological polar surface area (TPSA) is 90.6 Å². The maximum Gasteiger partial charge on any atom is 0.263 e. The molecule has 0 aliphatic heterocycles. The van der Waals surface area contributed by atoms with Crippen molar-refractivity contribution in [3.05, 3.63) is 46.6 Å². The van der Waals surface area contributed by atoms with E-state index >= 15 is 0 Å². The SMILES string of the molecule is O=C(Nc1ncc[nH]1)c1ccc[nH]c1=O. The molecule has 0 atom stereocenters. The van der Waals surface area contributed by atoms with Crippen molar-refractivity contribution in [3.63, 3.8) is 0 Å². The number of imidazole rings is 1. The van der Waals surface area contributed by atoms with E-state index in [1.807, 2.05) is 0 Å². The largest absolute Gasteiger partial charge is 0.331 e. The van der Waals surface area contributed by atoms with Gasteiger partial charge in [-0.25, -0.2) is 4.98 Å². The molecular formula is C9H8N4O2. The average Bonchev–Trinajstić information content (AvgIpc) is 2.71. The van der Waals surface area contributed by atoms with Crippen molar-refractivity contribution in [2.45, 2.75) is 0 Å². The van der Waals surface area contributed by atoms with Gasteiger partial charge in [-0.3, -0.25) is 14.9 Å². The molecule has 0 saturated carbocycles. The van der Waals surface area contributed by atoms with Crippen LogP contribution in [0.4, 0.5) is 5.95 Å². The van der Waals surface area contributed by atoms with Crippen molar-refractivity contribution >= 4 is 11.9 Å². The van der Waals surface area contributed by atoms with Gasteiger partial charge in [0.05, 0.1) is 0 Å². The molecule has 0 aliphatic carbocycles. The molecule has 2 aromatic heterocycles. The van der Waals surface area contributed by atoms with Crippen molar-refractivity contribution in [1.82, 2.24) is 15.0 Å². The van der Waals surface area contributed by atoms with E-state index in [4.69, 9.17) is 0 Å². The first-order valence-corrected chi connectivity index (χ1v) is 4.26. The second kappa shape index (κ2) is 3.79. The number of amides is 1. The first-order chi connectivity index (χ1) is 7.27. The number of carbonyl (C=O) groups excluding carboxylic acids is 1. The van der Waals surface area contributed by atoms with Gasteiger partial charge < -0.3 is 9.97 Å². The van der Waals surface area contributed by atoms with Crippen molar-refractivity contribution in [2.24, 2.45) is 0 Å². The lowest BCUT2D eigenvalue weighted by atomic mass is 10.2. The molecule has 1 amide bonds. The molecule has 0 saturated heterocycles. The van der Waals surface area contributed by atoms with Crippen molar-refractivity contribution in [1.29, 1.82) is 0 Å². The van der Waals surface area contributed by atoms with Crippen LogP contribution in [0.25, 0.3) is 0 Å². The molecule has 0 spiro atoms. The summed E-state index contributed by atoms with van der Waals surface area (Å²) >= 11 is 0. The van der Waals surface area contributed by atoms with E-state index in [2.05, 4.69) is 20.3 Å². The number of hydrogen-bond acceptors (Lipinski definition) is 3. The Bertz CT molecular complexity index is 515. The van der Waals surface area contributed by atoms with Gasteiger partial charge in [-0.1, -0.05) is 0 Å². The van der Waals surface area contributed by atoms with Crippen LogP contribution in [0.5, 0.6) is 0 Å². The first kappa shape index (κ1) is 9.20. The maximum absolute atomic E-state index is 11.5. The first-order valence-electron chi connectivity index (χ1n) is 4.26. The number of aromatic amines is 2. The minimum Gasteiger partial charge on any atom is -0.331 e. The Labute approximate surface area is 84.4 Å². The normalized spacial score (nSPS) is 9.87. The molecule has 0 bridgehead atoms. The Balaban J connectivity index is 2.23. The summed E-state index contributed by atoms with van der Waals surface area (Å²) in [6, 6.07) is 3.02. The van der Waals surface area contributed by atoms with E-state index in [-0.39, 0.29) is 5.56 Å². The Morgan fingerprint density at radius 1 is 1.33 bits per heavy atom. The van der Waals surface area contributed by atoms with Gasteiger partial charge in [-0.05, 0) is 12.1 Å². The van der Waals surface area contributed by atoms with Gasteiger partial charge in [0.2, 0.25) is 5.95 Å². The van der Waals surface area contributed by atoms with Crippen LogP contribution >= 0.6 is 0 Å². The second-order valence-electron chi connectivity index (χ2n) is 2.80. The molecule has 2 rings (SSSR count). The van der Waals surface area contributed by atoms with E-state index in [1.165, 1.54) is 18.5 Å². The van der Waals surface area contributed by atoms with Gasteiger partial charge in [0.1, 0.15) is 5.56 Å². The third kappa shape index (κ3) is 1.93. The third-order valence-electron chi connectivity index (χ3n) is 1.79. The summed E-state index contributed by atoms with van der Waals surface area (Å²) < 4.78 is 0. The predicted molar refractivity (Wildman–Crippen MR) is 53.6 cm³/mol. The number of anilines is 1. The Kier molecular flexibility index (Phi) is 2.32. The standard InChI is InChI=1S/C9H8N4O2/c14-7-6(2-1-3-10-7)8(15)13-9-11-4-5-12-9/h1-5H,(H,10,14)(H2,11,12,13,15). The predicted octanol–water partition coefficient (Wildman–Crippen LogP) is 0.350. The molecule has 76 valence electrons. The van der Waals surface area contributed by atoms with Crippen LogP contribution in [0.1, 0.15) is 10.4 Å². The number of aromatic nitrogens is 3. The van der Waals surface area contributed by atoms with Crippen molar-refractivity contribution in [2.75, 3.05) is 5.32 Å². The molecule has 0 aliphatic rings. The zero-order valence-corrected chi connectivity index (χ0v) is 7.65. The van der Waals surface area contributed by atoms with Crippen LogP contribution < -0.4 is 10.9 Å². The minimum absolute atomic E-state index is 0.0499. The van der Waals surface area contributed by atoms with Crippen molar-refractivity contribution in [3.8, 4) is 0 Å². The Hall–Kier alpha value is -2.37. The van der Waals surface area contributed by atoms with Crippen LogP contribution in [-0.2, 0) is 0 Å². The molecule has 3 N–H and O–H groups in total. The Morgan fingerprint density at radius 2 is 2.20 bits per heavy atom. The molecule has 0 unspecified atom stereocenters. The maximum atomic E-state index is 11.5. The molecule has 6 heteroatoms. The van der Waals surface area contributed by atoms with Gasteiger partial charge in [0.25, 0.3) is 11.5 Å². The van der Waals surface area contributed by atoms with E-state index in [0.717, 1.165) is 0 Å². The highest BCUT2D eigenvalue weighted by atomic mass is 16.2. The highest BCUT2D eigenvalue weighted by molar-refractivity contribution is 6.02. The van der Waals surface area contributed by atoms with Crippen LogP contribution in [0.2, 0.25) is 0 Å². The van der Waals surface area contributed by atoms with E-state index in [0.29, 0.717) is 5.95 Å². The van der Waals surface area contributed by atoms with E-state index in [9.17, 15) is 9.59 Å². The molecule has 15 heavy (non-hydrogen) atoms. The average molecular weight is 204 g/mol. The summed E-state index contributed by atoms with van der Waals surface area (Å²) in [4.78, 5) is 31.7. The number of hydrogen-bond donors (Lipinski definition) is 3. The fourth-order valence-corrected chi connectivity index (χ4v) is 1.11. The number of pyridine rings is 1. The molecule has 0 aromatic carbocycles. The summed E-state index contributed by atoms with van der Waals surface area (Å²) in [5.41, 5.74) is -0.379. The molecule has 0 radical (unpaired) electrons. The fraction of sp³-hybridized carbons (Fsp3) is 0. The van der Waals surface area contributed by atoms with Gasteiger partial charge in [0, 0.05) is 18.6 Å². The summed E-state index contributed by atoms with van der Waals surface area (Å²) in [5, 5.41) is 2.45. The summed E-state index contributed by atoms with van der Waals surface area (Å²) in [6.07, 6.45) is 4.54. The zero-order chi connectivity index (χ0) is 10.7. The zero-order valence-electron chi connectivity index (χ0n) is 7.65. The lowest BCUT2D eigenvalue weighted by Gasteiger charge is -1.99. The van der Waals surface area contributed by atoms with Crippen LogP contribution in [0, 0.1) is 0 Å². The lowest BCUT2D eigenvalue weighted by Crippen LogP contribution is -2.22. The van der Waals surface area contributed by atoms with E-state index < -0.39 is 11.5 Å². The summed E-state index contributed by atoms with van der Waals surface area (Å²) in [5.74, 6) is -0.185. The molecular weight excluding hydrogens is 196 g/mol. The quantitative estimate of drug-likeness (QED) is 0.659. The minimum atomic E-state index is -0.494. The number of nitrogens with one attached hydrogen (secondary N) is 3. The highest BCUT2D eigenvalue weighted by Crippen LogP contribution is 1.98. The third-order valence-corrected chi connectivity index (χ3v) is 1.79. The molecule has 6 nitrogen and oxygen atoms in total. The lowest BCUT2D eigenvalue weighted by molar-refractivity contribution is 0.102. The van der Waals surface area contributed by atoms with Gasteiger partial charge in [0.15, 0.2) is 0 Å². The van der Waals surface area contributed by atoms with Gasteiger partial charge in [-0.2, -0.15) is 0 Å². The molecule has 2 aromatic rings. The number of carbonyl (C=O) groups is 1. The van der Waals surface area contributed by atoms with E-state index in [1.54, 1.807) is 12.3 Å². The van der Waals surface area contributed by atoms with Gasteiger partial charge >= 0.3 is 0 Å². The van der Waals surface area contributed by atoms with Crippen LogP contribution in [0.15, 0.2) is 35.5 Å². The Morgan fingerprint density at radius 3 is 2.87 bits per heavy atom. The van der Waals surface area contributed by atoms with Crippen LogP contribution in [0.3, 0.4) is 0 Å². The summed E-state index contributed by atoms with van der Waals surface area (Å²) in [6.45, 7) is 0.